The van der Waals surface area contributed by atoms with Crippen molar-refractivity contribution in [3.8, 4) is 0 Å². The van der Waals surface area contributed by atoms with Gasteiger partial charge in [-0.05, 0) is 42.7 Å². The molecule has 4 aromatic carbocycles. The van der Waals surface area contributed by atoms with E-state index in [0.717, 1.165) is 22.3 Å². The Morgan fingerprint density at radius 2 is 1.21 bits per heavy atom. The molecule has 2 unspecified atom stereocenters. The van der Waals surface area contributed by atoms with Crippen molar-refractivity contribution in [1.82, 2.24) is 10.0 Å². The third-order valence-electron chi connectivity index (χ3n) is 6.26. The number of hydrogen-bond donors (Lipinski definition) is 2. The van der Waals surface area contributed by atoms with E-state index < -0.39 is 16.1 Å². The number of halogens is 1. The summed E-state index contributed by atoms with van der Waals surface area (Å²) in [7, 11) is 0.795. The fraction of sp³-hybridized carbons (Fsp3) is 0.226. The Hall–Kier alpha value is -2.38. The summed E-state index contributed by atoms with van der Waals surface area (Å²) in [5.74, 6) is 0. The molecule has 2 N–H and O–H groups in total. The van der Waals surface area contributed by atoms with Crippen LogP contribution >= 0.6 is 9.69 Å². The van der Waals surface area contributed by atoms with E-state index in [2.05, 4.69) is 50.9 Å². The first-order chi connectivity index (χ1) is 18.9. The quantitative estimate of drug-likeness (QED) is 0.135. The van der Waals surface area contributed by atoms with Gasteiger partial charge in [0.1, 0.15) is 0 Å². The average Bonchev–Trinajstić information content (AvgIpc) is 2.97. The molecular formula is C31H34ClN2O3RuS. The first-order valence-electron chi connectivity index (χ1n) is 12.6. The van der Waals surface area contributed by atoms with Crippen LogP contribution < -0.4 is 10.0 Å². The molecule has 0 aromatic heterocycles. The number of rotatable bonds is 12. The van der Waals surface area contributed by atoms with Crippen molar-refractivity contribution >= 4 is 19.7 Å². The van der Waals surface area contributed by atoms with E-state index in [9.17, 15) is 8.42 Å². The minimum atomic E-state index is -3.77. The van der Waals surface area contributed by atoms with E-state index in [1.54, 1.807) is 12.1 Å². The Kier molecular flexibility index (Phi) is 12.8. The number of benzene rings is 4. The van der Waals surface area contributed by atoms with E-state index in [1.807, 2.05) is 97.0 Å². The summed E-state index contributed by atoms with van der Waals surface area (Å²) in [5.41, 5.74) is 5.21. The monoisotopic (exact) mass is 651 g/mol. The molecule has 4 rings (SSSR count). The molecule has 207 valence electrons. The third-order valence-corrected chi connectivity index (χ3v) is 7.72. The number of nitrogens with one attached hydrogen (secondary N) is 2. The van der Waals surface area contributed by atoms with E-state index >= 15 is 0 Å². The summed E-state index contributed by atoms with van der Waals surface area (Å²) >= 11 is 1.82. The van der Waals surface area contributed by atoms with Crippen LogP contribution in [0, 0.1) is 13.8 Å². The second-order valence-corrected chi connectivity index (χ2v) is 10.9. The van der Waals surface area contributed by atoms with Gasteiger partial charge < -0.3 is 10.1 Å². The maximum absolute atomic E-state index is 13.5. The average molecular weight is 651 g/mol. The number of ether oxygens (including phenoxy) is 1. The molecule has 8 heteroatoms. The Labute approximate surface area is 246 Å². The first-order valence-corrected chi connectivity index (χ1v) is 16.3. The zero-order valence-corrected chi connectivity index (χ0v) is 25.3. The van der Waals surface area contributed by atoms with Gasteiger partial charge in [-0.1, -0.05) is 108 Å². The van der Waals surface area contributed by atoms with Crippen molar-refractivity contribution in [2.45, 2.75) is 37.4 Å². The van der Waals surface area contributed by atoms with Gasteiger partial charge in [-0.3, -0.25) is 0 Å². The van der Waals surface area contributed by atoms with Crippen molar-refractivity contribution in [2.24, 2.45) is 0 Å². The van der Waals surface area contributed by atoms with Crippen LogP contribution in [0.3, 0.4) is 0 Å². The van der Waals surface area contributed by atoms with Crippen molar-refractivity contribution in [1.29, 1.82) is 0 Å². The second-order valence-electron chi connectivity index (χ2n) is 9.20. The van der Waals surface area contributed by atoms with Gasteiger partial charge >= 0.3 is 27.0 Å². The topological polar surface area (TPSA) is 67.4 Å². The molecule has 0 saturated carbocycles. The van der Waals surface area contributed by atoms with E-state index in [1.165, 1.54) is 5.56 Å². The van der Waals surface area contributed by atoms with Crippen molar-refractivity contribution in [3.63, 3.8) is 0 Å². The van der Waals surface area contributed by atoms with Crippen molar-refractivity contribution < 1.29 is 30.5 Å². The molecule has 0 aliphatic rings. The Morgan fingerprint density at radius 3 is 1.74 bits per heavy atom. The van der Waals surface area contributed by atoms with E-state index in [4.69, 9.17) is 4.74 Å². The summed E-state index contributed by atoms with van der Waals surface area (Å²) in [4.78, 5) is 0.243. The van der Waals surface area contributed by atoms with Crippen molar-refractivity contribution in [3.05, 3.63) is 137 Å². The zero-order valence-electron chi connectivity index (χ0n) is 22.0. The fourth-order valence-electron chi connectivity index (χ4n) is 4.19. The summed E-state index contributed by atoms with van der Waals surface area (Å²) in [6, 6.07) is 34.0. The molecule has 0 heterocycles. The maximum atomic E-state index is 13.5. The first kappa shape index (κ1) is 31.2. The molecule has 0 bridgehead atoms. The minimum absolute atomic E-state index is 0.243. The molecule has 0 aliphatic heterocycles. The Morgan fingerprint density at radius 1 is 0.718 bits per heavy atom. The van der Waals surface area contributed by atoms with Gasteiger partial charge in [-0.2, -0.15) is 0 Å². The van der Waals surface area contributed by atoms with E-state index in [-0.39, 0.29) is 10.9 Å². The van der Waals surface area contributed by atoms with Gasteiger partial charge in [-0.25, -0.2) is 13.1 Å². The third kappa shape index (κ3) is 9.64. The van der Waals surface area contributed by atoms with Gasteiger partial charge in [0.15, 0.2) is 0 Å². The predicted octanol–water partition coefficient (Wildman–Crippen LogP) is 6.56. The molecule has 4 aromatic rings. The van der Waals surface area contributed by atoms with Gasteiger partial charge in [-0.15, -0.1) is 0 Å². The van der Waals surface area contributed by atoms with E-state index in [0.29, 0.717) is 19.8 Å². The molecule has 0 radical (unpaired) electrons. The predicted molar refractivity (Wildman–Crippen MR) is 155 cm³/mol. The molecule has 0 spiro atoms. The molecule has 5 nitrogen and oxygen atoms in total. The number of hydrogen-bond acceptors (Lipinski definition) is 4. The molecule has 0 amide bonds. The second kappa shape index (κ2) is 16.0. The molecule has 0 aliphatic carbocycles. The van der Waals surface area contributed by atoms with Crippen LogP contribution in [0.4, 0.5) is 0 Å². The molecule has 2 atom stereocenters. The summed E-state index contributed by atoms with van der Waals surface area (Å²) in [6.45, 7) is 5.58. The van der Waals surface area contributed by atoms with Crippen LogP contribution in [-0.2, 0) is 38.7 Å². The van der Waals surface area contributed by atoms with Crippen LogP contribution in [0.15, 0.2) is 114 Å². The van der Waals surface area contributed by atoms with Crippen LogP contribution in [0.5, 0.6) is 0 Å². The molecule has 39 heavy (non-hydrogen) atoms. The molecule has 0 fully saturated rings. The van der Waals surface area contributed by atoms with Gasteiger partial charge in [0.2, 0.25) is 10.0 Å². The summed E-state index contributed by atoms with van der Waals surface area (Å²) in [6.07, 6.45) is 0. The molecular weight excluding hydrogens is 617 g/mol. The van der Waals surface area contributed by atoms with Crippen LogP contribution in [0.25, 0.3) is 0 Å². The Balaban J connectivity index is 0.00000205. The fourth-order valence-corrected chi connectivity index (χ4v) is 5.43. The Bertz CT molecular complexity index is 1350. The standard InChI is InChI=1S/C31H34N2O3S.ClH.Ru/c1-24-13-17-26(18-14-24)23-36-22-21-32-30(27-9-5-3-6-10-27)31(28-11-7-4-8-12-28)33-37(34,35)29-19-15-25(2)16-20-29;;/h3-20,30-33H,21-23H2,1-2H3;1H;/q;;+1/p-1. The van der Waals surface area contributed by atoms with Crippen LogP contribution in [0.2, 0.25) is 0 Å². The molecule has 0 saturated heterocycles. The van der Waals surface area contributed by atoms with Gasteiger partial charge in [0.25, 0.3) is 0 Å². The normalized spacial score (nSPS) is 12.7. The van der Waals surface area contributed by atoms with Crippen LogP contribution in [0.1, 0.15) is 39.9 Å². The summed E-state index contributed by atoms with van der Waals surface area (Å²) in [5, 5.41) is 3.56. The number of aryl methyl sites for hydroxylation is 2. The van der Waals surface area contributed by atoms with Crippen molar-refractivity contribution in [2.75, 3.05) is 13.2 Å². The zero-order chi connectivity index (χ0) is 28.1. The van der Waals surface area contributed by atoms with Gasteiger partial charge in [0, 0.05) is 6.54 Å². The van der Waals surface area contributed by atoms with Crippen LogP contribution in [-0.4, -0.2) is 21.6 Å². The SMILES string of the molecule is Cc1ccc(COCCNC(c2ccccc2)C(NS(=O)(=O)c2ccc(C)cc2)c2ccccc2)cc1.[Cl][Ru]. The van der Waals surface area contributed by atoms with Gasteiger partial charge in [0.05, 0.1) is 30.2 Å². The summed E-state index contributed by atoms with van der Waals surface area (Å²) < 4.78 is 35.8. The number of sulfonamides is 1.